The number of nitrogens with one attached hydrogen (secondary N) is 1. The van der Waals surface area contributed by atoms with Crippen LogP contribution >= 0.6 is 27.5 Å². The van der Waals surface area contributed by atoms with Crippen LogP contribution in [0.15, 0.2) is 22.7 Å². The predicted octanol–water partition coefficient (Wildman–Crippen LogP) is 3.48. The Morgan fingerprint density at radius 3 is 2.58 bits per heavy atom. The Balaban J connectivity index is 2.72. The van der Waals surface area contributed by atoms with Crippen molar-refractivity contribution < 1.29 is 14.7 Å². The topological polar surface area (TPSA) is 66.4 Å². The van der Waals surface area contributed by atoms with Crippen molar-refractivity contribution in [3.05, 3.63) is 33.3 Å². The maximum atomic E-state index is 12.0. The first-order chi connectivity index (χ1) is 8.71. The number of carbonyl (C=O) groups excluding carboxylic acids is 1. The third-order valence-corrected chi connectivity index (χ3v) is 3.83. The van der Waals surface area contributed by atoms with E-state index in [-0.39, 0.29) is 12.3 Å². The largest absolute Gasteiger partial charge is 0.481 e. The summed E-state index contributed by atoms with van der Waals surface area (Å²) in [5.41, 5.74) is -0.147. The highest BCUT2D eigenvalue weighted by atomic mass is 79.9. The summed E-state index contributed by atoms with van der Waals surface area (Å²) in [5, 5.41) is 11.9. The van der Waals surface area contributed by atoms with Crippen LogP contribution in [0.5, 0.6) is 0 Å². The lowest BCUT2D eigenvalue weighted by molar-refractivity contribution is -0.137. The molecular weight excluding hydrogens is 334 g/mol. The van der Waals surface area contributed by atoms with Gasteiger partial charge in [0.2, 0.25) is 0 Å². The molecular formula is C13H15BrClNO3. The van der Waals surface area contributed by atoms with E-state index < -0.39 is 11.5 Å². The lowest BCUT2D eigenvalue weighted by atomic mass is 9.98. The summed E-state index contributed by atoms with van der Waals surface area (Å²) in [6.45, 7) is 3.57. The van der Waals surface area contributed by atoms with Gasteiger partial charge in [-0.2, -0.15) is 0 Å². The second kappa shape index (κ2) is 6.39. The van der Waals surface area contributed by atoms with Gasteiger partial charge in [0.1, 0.15) is 0 Å². The zero-order chi connectivity index (χ0) is 14.6. The molecule has 1 amide bonds. The maximum absolute atomic E-state index is 12.0. The number of carbonyl (C=O) groups is 2. The zero-order valence-corrected chi connectivity index (χ0v) is 13.0. The van der Waals surface area contributed by atoms with Crippen molar-refractivity contribution in [3.8, 4) is 0 Å². The summed E-state index contributed by atoms with van der Waals surface area (Å²) >= 11 is 9.18. The molecule has 0 spiro atoms. The summed E-state index contributed by atoms with van der Waals surface area (Å²) in [7, 11) is 0. The number of rotatable bonds is 5. The summed E-state index contributed by atoms with van der Waals surface area (Å²) in [6.07, 6.45) is 0.368. The second-order valence-corrected chi connectivity index (χ2v) is 6.12. The van der Waals surface area contributed by atoms with E-state index in [4.69, 9.17) is 16.7 Å². The molecule has 0 radical (unpaired) electrons. The van der Waals surface area contributed by atoms with E-state index in [1.54, 1.807) is 32.0 Å². The molecule has 1 aromatic carbocycles. The standard InChI is InChI=1S/C13H15BrClNO3/c1-13(2,6-5-11(17)18)16-12(19)8-3-4-9(14)10(15)7-8/h3-4,7H,5-6H2,1-2H3,(H,16,19)(H,17,18). The average molecular weight is 349 g/mol. The van der Waals surface area contributed by atoms with E-state index in [1.165, 1.54) is 0 Å². The average Bonchev–Trinajstić information content (AvgIpc) is 2.29. The van der Waals surface area contributed by atoms with E-state index in [1.807, 2.05) is 0 Å². The van der Waals surface area contributed by atoms with Gasteiger partial charge in [-0.15, -0.1) is 0 Å². The second-order valence-electron chi connectivity index (χ2n) is 4.86. The number of hydrogen-bond acceptors (Lipinski definition) is 2. The van der Waals surface area contributed by atoms with Gasteiger partial charge in [0.25, 0.3) is 5.91 Å². The number of aliphatic carboxylic acids is 1. The first-order valence-electron chi connectivity index (χ1n) is 5.70. The minimum Gasteiger partial charge on any atom is -0.481 e. The monoisotopic (exact) mass is 347 g/mol. The van der Waals surface area contributed by atoms with E-state index in [2.05, 4.69) is 21.2 Å². The van der Waals surface area contributed by atoms with Crippen molar-refractivity contribution in [1.82, 2.24) is 5.32 Å². The van der Waals surface area contributed by atoms with Gasteiger partial charge >= 0.3 is 5.97 Å². The van der Waals surface area contributed by atoms with E-state index in [9.17, 15) is 9.59 Å². The zero-order valence-electron chi connectivity index (χ0n) is 10.7. The van der Waals surface area contributed by atoms with Gasteiger partial charge < -0.3 is 10.4 Å². The fourth-order valence-electron chi connectivity index (χ4n) is 1.50. The minimum absolute atomic E-state index is 0.00831. The molecule has 1 rings (SSSR count). The molecule has 0 aliphatic heterocycles. The van der Waals surface area contributed by atoms with Gasteiger partial charge in [0.05, 0.1) is 5.02 Å². The van der Waals surface area contributed by atoms with Crippen molar-refractivity contribution in [2.24, 2.45) is 0 Å². The molecule has 0 saturated carbocycles. The first kappa shape index (κ1) is 16.0. The van der Waals surface area contributed by atoms with Crippen LogP contribution in [-0.2, 0) is 4.79 Å². The Bertz CT molecular complexity index is 503. The van der Waals surface area contributed by atoms with Gasteiger partial charge in [-0.05, 0) is 54.4 Å². The molecule has 6 heteroatoms. The van der Waals surface area contributed by atoms with E-state index >= 15 is 0 Å². The molecule has 1 aromatic rings. The van der Waals surface area contributed by atoms with Crippen LogP contribution in [0.25, 0.3) is 0 Å². The molecule has 2 N–H and O–H groups in total. The quantitative estimate of drug-likeness (QED) is 0.856. The highest BCUT2D eigenvalue weighted by Gasteiger charge is 2.22. The number of carboxylic acids is 1. The molecule has 0 aliphatic rings. The molecule has 0 aromatic heterocycles. The molecule has 0 heterocycles. The summed E-state index contributed by atoms with van der Waals surface area (Å²) in [4.78, 5) is 22.6. The van der Waals surface area contributed by atoms with Crippen LogP contribution in [0.3, 0.4) is 0 Å². The van der Waals surface area contributed by atoms with Crippen molar-refractivity contribution >= 4 is 39.4 Å². The molecule has 104 valence electrons. The molecule has 0 bridgehead atoms. The van der Waals surface area contributed by atoms with Gasteiger partial charge in [0, 0.05) is 22.0 Å². The van der Waals surface area contributed by atoms with Gasteiger partial charge in [-0.25, -0.2) is 0 Å². The number of hydrogen-bond donors (Lipinski definition) is 2. The Morgan fingerprint density at radius 2 is 2.05 bits per heavy atom. The third-order valence-electron chi connectivity index (χ3n) is 2.60. The number of benzene rings is 1. The van der Waals surface area contributed by atoms with Crippen LogP contribution in [0.1, 0.15) is 37.0 Å². The van der Waals surface area contributed by atoms with Crippen LogP contribution in [0, 0.1) is 0 Å². The molecule has 0 saturated heterocycles. The Kier molecular flexibility index (Phi) is 5.38. The Morgan fingerprint density at radius 1 is 1.42 bits per heavy atom. The smallest absolute Gasteiger partial charge is 0.303 e. The fraction of sp³-hybridized carbons (Fsp3) is 0.385. The van der Waals surface area contributed by atoms with Gasteiger partial charge in [0.15, 0.2) is 0 Å². The molecule has 4 nitrogen and oxygen atoms in total. The van der Waals surface area contributed by atoms with Gasteiger partial charge in [-0.3, -0.25) is 9.59 Å². The highest BCUT2D eigenvalue weighted by Crippen LogP contribution is 2.23. The fourth-order valence-corrected chi connectivity index (χ4v) is 1.93. The van der Waals surface area contributed by atoms with Crippen molar-refractivity contribution in [2.75, 3.05) is 0 Å². The lowest BCUT2D eigenvalue weighted by Gasteiger charge is -2.25. The molecule has 0 atom stereocenters. The number of carboxylic acid groups (broad SMARTS) is 1. The Labute approximate surface area is 125 Å². The summed E-state index contributed by atoms with van der Waals surface area (Å²) < 4.78 is 0.718. The van der Waals surface area contributed by atoms with Crippen molar-refractivity contribution in [3.63, 3.8) is 0 Å². The lowest BCUT2D eigenvalue weighted by Crippen LogP contribution is -2.43. The third kappa shape index (κ3) is 5.20. The van der Waals surface area contributed by atoms with E-state index in [0.717, 1.165) is 4.47 Å². The number of halogens is 2. The highest BCUT2D eigenvalue weighted by molar-refractivity contribution is 9.10. The normalized spacial score (nSPS) is 11.2. The Hall–Kier alpha value is -1.07. The minimum atomic E-state index is -0.881. The van der Waals surface area contributed by atoms with Crippen molar-refractivity contribution in [1.29, 1.82) is 0 Å². The summed E-state index contributed by atoms with van der Waals surface area (Å²) in [6, 6.07) is 4.91. The molecule has 19 heavy (non-hydrogen) atoms. The predicted molar refractivity (Wildman–Crippen MR) is 77.6 cm³/mol. The SMILES string of the molecule is CC(C)(CCC(=O)O)NC(=O)c1ccc(Br)c(Cl)c1. The van der Waals surface area contributed by atoms with Crippen LogP contribution in [0.4, 0.5) is 0 Å². The molecule has 0 fully saturated rings. The van der Waals surface area contributed by atoms with Crippen molar-refractivity contribution in [2.45, 2.75) is 32.2 Å². The molecule has 0 aliphatic carbocycles. The summed E-state index contributed by atoms with van der Waals surface area (Å²) in [5.74, 6) is -1.15. The van der Waals surface area contributed by atoms with Gasteiger partial charge in [-0.1, -0.05) is 11.6 Å². The van der Waals surface area contributed by atoms with Crippen LogP contribution < -0.4 is 5.32 Å². The van der Waals surface area contributed by atoms with Crippen LogP contribution in [-0.4, -0.2) is 22.5 Å². The maximum Gasteiger partial charge on any atom is 0.303 e. The van der Waals surface area contributed by atoms with Crippen LogP contribution in [0.2, 0.25) is 5.02 Å². The first-order valence-corrected chi connectivity index (χ1v) is 6.88. The molecule has 0 unspecified atom stereocenters. The number of amides is 1. The van der Waals surface area contributed by atoms with E-state index in [0.29, 0.717) is 17.0 Å².